The van der Waals surface area contributed by atoms with Gasteiger partial charge in [0.2, 0.25) is 15.9 Å². The van der Waals surface area contributed by atoms with Gasteiger partial charge in [-0.05, 0) is 12.8 Å². The zero-order chi connectivity index (χ0) is 9.90. The van der Waals surface area contributed by atoms with Crippen molar-refractivity contribution in [2.24, 2.45) is 5.73 Å². The van der Waals surface area contributed by atoms with E-state index >= 15 is 0 Å². The highest BCUT2D eigenvalue weighted by molar-refractivity contribution is 7.90. The molecule has 1 fully saturated rings. The lowest BCUT2D eigenvalue weighted by Gasteiger charge is -2.10. The SMILES string of the molecule is NC(=O)CNS(=O)(=O)C1CCCC1. The van der Waals surface area contributed by atoms with Gasteiger partial charge in [-0.15, -0.1) is 0 Å². The number of rotatable bonds is 4. The molecule has 13 heavy (non-hydrogen) atoms. The second-order valence-electron chi connectivity index (χ2n) is 3.24. The van der Waals surface area contributed by atoms with Gasteiger partial charge in [0.05, 0.1) is 11.8 Å². The first-order chi connectivity index (χ1) is 6.02. The molecule has 0 unspecified atom stereocenters. The van der Waals surface area contributed by atoms with E-state index in [1.54, 1.807) is 0 Å². The van der Waals surface area contributed by atoms with E-state index in [2.05, 4.69) is 4.72 Å². The quantitative estimate of drug-likeness (QED) is 0.639. The van der Waals surface area contributed by atoms with Gasteiger partial charge in [0.25, 0.3) is 0 Å². The summed E-state index contributed by atoms with van der Waals surface area (Å²) >= 11 is 0. The van der Waals surface area contributed by atoms with Crippen LogP contribution in [0.5, 0.6) is 0 Å². The fourth-order valence-electron chi connectivity index (χ4n) is 1.49. The second-order valence-corrected chi connectivity index (χ2v) is 5.28. The Kier molecular flexibility index (Phi) is 3.27. The number of primary amides is 1. The first kappa shape index (κ1) is 10.5. The van der Waals surface area contributed by atoms with Gasteiger partial charge in [0.1, 0.15) is 0 Å². The van der Waals surface area contributed by atoms with Crippen molar-refractivity contribution in [3.8, 4) is 0 Å². The number of nitrogens with one attached hydrogen (secondary N) is 1. The maximum Gasteiger partial charge on any atom is 0.232 e. The molecule has 0 aromatic rings. The van der Waals surface area contributed by atoms with Crippen molar-refractivity contribution in [2.75, 3.05) is 6.54 Å². The summed E-state index contributed by atoms with van der Waals surface area (Å²) < 4.78 is 25.0. The minimum atomic E-state index is -3.31. The van der Waals surface area contributed by atoms with Crippen LogP contribution in [0.4, 0.5) is 0 Å². The Bertz CT molecular complexity index is 280. The Balaban J connectivity index is 2.50. The first-order valence-corrected chi connectivity index (χ1v) is 5.84. The summed E-state index contributed by atoms with van der Waals surface area (Å²) in [5.41, 5.74) is 4.83. The van der Waals surface area contributed by atoms with E-state index in [4.69, 9.17) is 5.73 Å². The Morgan fingerprint density at radius 3 is 2.38 bits per heavy atom. The second kappa shape index (κ2) is 4.06. The molecule has 1 saturated carbocycles. The van der Waals surface area contributed by atoms with Crippen molar-refractivity contribution in [3.05, 3.63) is 0 Å². The molecular weight excluding hydrogens is 192 g/mol. The number of nitrogens with two attached hydrogens (primary N) is 1. The zero-order valence-electron chi connectivity index (χ0n) is 7.32. The minimum absolute atomic E-state index is 0.293. The highest BCUT2D eigenvalue weighted by Crippen LogP contribution is 2.23. The van der Waals surface area contributed by atoms with Crippen LogP contribution in [0.25, 0.3) is 0 Å². The van der Waals surface area contributed by atoms with Gasteiger partial charge in [-0.3, -0.25) is 4.79 Å². The average molecular weight is 206 g/mol. The van der Waals surface area contributed by atoms with E-state index in [-0.39, 0.29) is 11.8 Å². The molecule has 0 bridgehead atoms. The molecular formula is C7H14N2O3S. The molecule has 0 aromatic heterocycles. The van der Waals surface area contributed by atoms with Crippen molar-refractivity contribution in [1.29, 1.82) is 0 Å². The molecule has 0 heterocycles. The molecule has 5 nitrogen and oxygen atoms in total. The standard InChI is InChI=1S/C7H14N2O3S/c8-7(10)5-9-13(11,12)6-3-1-2-4-6/h6,9H,1-5H2,(H2,8,10). The van der Waals surface area contributed by atoms with Crippen LogP contribution in [0, 0.1) is 0 Å². The van der Waals surface area contributed by atoms with Crippen LogP contribution < -0.4 is 10.5 Å². The van der Waals surface area contributed by atoms with Crippen molar-refractivity contribution >= 4 is 15.9 Å². The number of sulfonamides is 1. The number of carbonyl (C=O) groups excluding carboxylic acids is 1. The predicted molar refractivity (Wildman–Crippen MR) is 48.4 cm³/mol. The van der Waals surface area contributed by atoms with Crippen molar-refractivity contribution in [1.82, 2.24) is 4.72 Å². The van der Waals surface area contributed by atoms with Gasteiger partial charge in [-0.25, -0.2) is 13.1 Å². The lowest BCUT2D eigenvalue weighted by atomic mass is 10.4. The molecule has 76 valence electrons. The van der Waals surface area contributed by atoms with Crippen LogP contribution in [0.3, 0.4) is 0 Å². The van der Waals surface area contributed by atoms with Gasteiger partial charge in [0, 0.05) is 0 Å². The molecule has 3 N–H and O–H groups in total. The van der Waals surface area contributed by atoms with Crippen LogP contribution in [0.2, 0.25) is 0 Å². The summed E-state index contributed by atoms with van der Waals surface area (Å²) in [5.74, 6) is -0.651. The summed E-state index contributed by atoms with van der Waals surface area (Å²) in [7, 11) is -3.31. The Morgan fingerprint density at radius 1 is 1.38 bits per heavy atom. The number of hydrogen-bond donors (Lipinski definition) is 2. The maximum atomic E-state index is 11.4. The molecule has 6 heteroatoms. The highest BCUT2D eigenvalue weighted by Gasteiger charge is 2.28. The third-order valence-electron chi connectivity index (χ3n) is 2.19. The van der Waals surface area contributed by atoms with Gasteiger partial charge < -0.3 is 5.73 Å². The Hall–Kier alpha value is -0.620. The summed E-state index contributed by atoms with van der Waals surface area (Å²) in [5, 5.41) is -0.327. The molecule has 1 rings (SSSR count). The Morgan fingerprint density at radius 2 is 1.92 bits per heavy atom. The molecule has 0 aromatic carbocycles. The topological polar surface area (TPSA) is 89.3 Å². The minimum Gasteiger partial charge on any atom is -0.369 e. The maximum absolute atomic E-state index is 11.4. The summed E-state index contributed by atoms with van der Waals surface area (Å²) in [6.45, 7) is -0.293. The van der Waals surface area contributed by atoms with E-state index in [1.165, 1.54) is 0 Å². The normalized spacial score (nSPS) is 19.1. The van der Waals surface area contributed by atoms with Crippen LogP contribution in [-0.2, 0) is 14.8 Å². The fourth-order valence-corrected chi connectivity index (χ4v) is 3.02. The first-order valence-electron chi connectivity index (χ1n) is 4.29. The van der Waals surface area contributed by atoms with Crippen molar-refractivity contribution in [3.63, 3.8) is 0 Å². The lowest BCUT2D eigenvalue weighted by molar-refractivity contribution is -0.116. The summed E-state index contributed by atoms with van der Waals surface area (Å²) in [6.07, 6.45) is 3.27. The summed E-state index contributed by atoms with van der Waals surface area (Å²) in [6, 6.07) is 0. The smallest absolute Gasteiger partial charge is 0.232 e. The van der Waals surface area contributed by atoms with Crippen molar-refractivity contribution in [2.45, 2.75) is 30.9 Å². The molecule has 1 aliphatic carbocycles. The molecule has 0 spiro atoms. The summed E-state index contributed by atoms with van der Waals surface area (Å²) in [4.78, 5) is 10.4. The Labute approximate surface area is 77.7 Å². The fraction of sp³-hybridized carbons (Fsp3) is 0.857. The predicted octanol–water partition coefficient (Wildman–Crippen LogP) is -0.666. The monoisotopic (exact) mass is 206 g/mol. The van der Waals surface area contributed by atoms with Gasteiger partial charge in [0.15, 0.2) is 0 Å². The van der Waals surface area contributed by atoms with Crippen LogP contribution >= 0.6 is 0 Å². The van der Waals surface area contributed by atoms with E-state index in [0.717, 1.165) is 12.8 Å². The number of carbonyl (C=O) groups is 1. The van der Waals surface area contributed by atoms with Crippen LogP contribution in [0.1, 0.15) is 25.7 Å². The van der Waals surface area contributed by atoms with Crippen molar-refractivity contribution < 1.29 is 13.2 Å². The van der Waals surface area contributed by atoms with Gasteiger partial charge in [-0.1, -0.05) is 12.8 Å². The third-order valence-corrected chi connectivity index (χ3v) is 4.08. The largest absolute Gasteiger partial charge is 0.369 e. The zero-order valence-corrected chi connectivity index (χ0v) is 8.14. The number of hydrogen-bond acceptors (Lipinski definition) is 3. The van der Waals surface area contributed by atoms with E-state index in [9.17, 15) is 13.2 Å². The third kappa shape index (κ3) is 2.96. The van der Waals surface area contributed by atoms with Crippen LogP contribution in [0.15, 0.2) is 0 Å². The molecule has 1 aliphatic rings. The van der Waals surface area contributed by atoms with Gasteiger partial charge in [-0.2, -0.15) is 0 Å². The molecule has 0 radical (unpaired) electrons. The molecule has 1 amide bonds. The van der Waals surface area contributed by atoms with Gasteiger partial charge >= 0.3 is 0 Å². The lowest BCUT2D eigenvalue weighted by Crippen LogP contribution is -2.38. The van der Waals surface area contributed by atoms with Crippen LogP contribution in [-0.4, -0.2) is 26.1 Å². The highest BCUT2D eigenvalue weighted by atomic mass is 32.2. The number of amides is 1. The molecule has 0 saturated heterocycles. The molecule has 0 aliphatic heterocycles. The molecule has 0 atom stereocenters. The van der Waals surface area contributed by atoms with E-state index in [0.29, 0.717) is 12.8 Å². The average Bonchev–Trinajstić information content (AvgIpc) is 2.53. The van der Waals surface area contributed by atoms with E-state index in [1.807, 2.05) is 0 Å². The van der Waals surface area contributed by atoms with E-state index < -0.39 is 15.9 Å².